The van der Waals surface area contributed by atoms with Gasteiger partial charge in [-0.25, -0.2) is 13.9 Å². The molecular formula is C40H48FN4O8P. The molecule has 0 bridgehead atoms. The molecule has 0 saturated carbocycles. The monoisotopic (exact) mass is 762 g/mol. The normalized spacial score (nSPS) is 19.3. The average molecular weight is 763 g/mol. The van der Waals surface area contributed by atoms with Crippen LogP contribution in [0.4, 0.5) is 4.39 Å². The number of ether oxygens (including phenoxy) is 4. The first-order chi connectivity index (χ1) is 25.9. The zero-order valence-electron chi connectivity index (χ0n) is 31.7. The first kappa shape index (κ1) is 40.8. The number of nitriles is 1. The summed E-state index contributed by atoms with van der Waals surface area (Å²) in [5.74, 6) is -1.41. The van der Waals surface area contributed by atoms with Crippen molar-refractivity contribution in [1.82, 2.24) is 14.2 Å². The molecule has 12 nitrogen and oxygen atoms in total. The first-order valence-electron chi connectivity index (χ1n) is 17.8. The standard InChI is InChI=1S/C40H48FN4O8P/c1-27(2)45(28(3)4)54(51-23-11-22-42)53-35-24-36(44-25-29(5)37(46)43-38(44)47)52-39(35,41)26-50-40(30-12-9-8-10-13-30,31-14-18-33(48-6)19-15-31)32-16-20-34(49-7)21-17-32/h8-10,12-21,25,27-28,35-36H,11,23-24,26H2,1-7H3,(H,43,46,47)/t35-,36-,39-,54?/m1/s1. The average Bonchev–Trinajstić information content (AvgIpc) is 3.49. The molecule has 1 N–H and O–H groups in total. The molecule has 1 saturated heterocycles. The van der Waals surface area contributed by atoms with Gasteiger partial charge in [-0.3, -0.25) is 14.3 Å². The third-order valence-corrected chi connectivity index (χ3v) is 11.4. The molecule has 14 heteroatoms. The third-order valence-electron chi connectivity index (χ3n) is 9.22. The van der Waals surface area contributed by atoms with Gasteiger partial charge in [0.15, 0.2) is 0 Å². The van der Waals surface area contributed by atoms with Gasteiger partial charge < -0.3 is 28.0 Å². The van der Waals surface area contributed by atoms with Crippen LogP contribution in [-0.2, 0) is 24.1 Å². The third kappa shape index (κ3) is 8.76. The maximum absolute atomic E-state index is 18.1. The second-order valence-electron chi connectivity index (χ2n) is 13.5. The van der Waals surface area contributed by atoms with Crippen molar-refractivity contribution in [3.63, 3.8) is 0 Å². The predicted molar refractivity (Wildman–Crippen MR) is 203 cm³/mol. The lowest BCUT2D eigenvalue weighted by Gasteiger charge is -2.40. The van der Waals surface area contributed by atoms with E-state index >= 15 is 4.39 Å². The van der Waals surface area contributed by atoms with E-state index in [4.69, 9.17) is 28.0 Å². The molecule has 1 aliphatic heterocycles. The number of halogens is 1. The van der Waals surface area contributed by atoms with Gasteiger partial charge in [-0.2, -0.15) is 5.26 Å². The van der Waals surface area contributed by atoms with Crippen LogP contribution in [0.25, 0.3) is 0 Å². The largest absolute Gasteiger partial charge is 0.497 e. The van der Waals surface area contributed by atoms with Crippen molar-refractivity contribution in [2.24, 2.45) is 0 Å². The van der Waals surface area contributed by atoms with Crippen molar-refractivity contribution >= 4 is 8.53 Å². The second-order valence-corrected chi connectivity index (χ2v) is 14.9. The van der Waals surface area contributed by atoms with Crippen LogP contribution in [-0.4, -0.2) is 65.7 Å². The van der Waals surface area contributed by atoms with E-state index < -0.39 is 50.2 Å². The molecule has 1 aliphatic rings. The molecule has 1 aromatic heterocycles. The molecule has 1 fully saturated rings. The fourth-order valence-corrected chi connectivity index (χ4v) is 8.38. The lowest BCUT2D eigenvalue weighted by Crippen LogP contribution is -2.46. The Morgan fingerprint density at radius 2 is 1.52 bits per heavy atom. The van der Waals surface area contributed by atoms with Gasteiger partial charge in [0, 0.05) is 30.3 Å². The Bertz CT molecular complexity index is 1930. The van der Waals surface area contributed by atoms with Crippen molar-refractivity contribution in [2.75, 3.05) is 27.4 Å². The van der Waals surface area contributed by atoms with Crippen LogP contribution in [0.15, 0.2) is 94.6 Å². The van der Waals surface area contributed by atoms with Crippen LogP contribution in [0.5, 0.6) is 11.5 Å². The van der Waals surface area contributed by atoms with Gasteiger partial charge in [0.2, 0.25) is 0 Å². The van der Waals surface area contributed by atoms with E-state index in [1.165, 1.54) is 6.20 Å². The zero-order chi connectivity index (χ0) is 39.0. The molecule has 54 heavy (non-hydrogen) atoms. The van der Waals surface area contributed by atoms with E-state index in [9.17, 15) is 14.9 Å². The fraction of sp³-hybridized carbons (Fsp3) is 0.425. The Morgan fingerprint density at radius 1 is 0.963 bits per heavy atom. The highest BCUT2D eigenvalue weighted by Gasteiger charge is 2.55. The molecule has 1 unspecified atom stereocenters. The number of aromatic nitrogens is 2. The van der Waals surface area contributed by atoms with E-state index in [2.05, 4.69) is 11.1 Å². The number of aromatic amines is 1. The summed E-state index contributed by atoms with van der Waals surface area (Å²) in [5.41, 5.74) is -0.400. The van der Waals surface area contributed by atoms with Crippen LogP contribution < -0.4 is 20.7 Å². The number of alkyl halides is 1. The fourth-order valence-electron chi connectivity index (χ4n) is 6.61. The van der Waals surface area contributed by atoms with Gasteiger partial charge in [-0.05, 0) is 75.6 Å². The van der Waals surface area contributed by atoms with Crippen molar-refractivity contribution < 1.29 is 32.4 Å². The summed E-state index contributed by atoms with van der Waals surface area (Å²) in [5, 5.41) is 9.27. The lowest BCUT2D eigenvalue weighted by molar-refractivity contribution is -0.225. The Balaban J connectivity index is 1.64. The number of aryl methyl sites for hydroxylation is 1. The van der Waals surface area contributed by atoms with Crippen LogP contribution in [0, 0.1) is 18.3 Å². The van der Waals surface area contributed by atoms with Crippen molar-refractivity contribution in [2.45, 2.75) is 83.3 Å². The minimum atomic E-state index is -2.66. The van der Waals surface area contributed by atoms with E-state index in [0.717, 1.165) is 4.57 Å². The number of nitrogens with one attached hydrogen (secondary N) is 1. The Hall–Kier alpha value is -4.41. The Morgan fingerprint density at radius 3 is 2.04 bits per heavy atom. The van der Waals surface area contributed by atoms with Gasteiger partial charge in [-0.15, -0.1) is 0 Å². The molecule has 0 aliphatic carbocycles. The zero-order valence-corrected chi connectivity index (χ0v) is 32.5. The molecule has 2 heterocycles. The van der Waals surface area contributed by atoms with E-state index in [1.807, 2.05) is 111 Å². The number of H-pyrrole nitrogens is 1. The summed E-state index contributed by atoms with van der Waals surface area (Å²) >= 11 is 0. The molecule has 4 aromatic rings. The van der Waals surface area contributed by atoms with Crippen LogP contribution in [0.1, 0.15) is 69.0 Å². The molecule has 3 aromatic carbocycles. The highest BCUT2D eigenvalue weighted by atomic mass is 31.2. The summed E-state index contributed by atoms with van der Waals surface area (Å²) < 4.78 is 58.1. The Labute approximate surface area is 316 Å². The summed E-state index contributed by atoms with van der Waals surface area (Å²) in [7, 11) is 1.22. The smallest absolute Gasteiger partial charge is 0.330 e. The molecule has 0 amide bonds. The molecule has 5 rings (SSSR count). The highest BCUT2D eigenvalue weighted by molar-refractivity contribution is 7.44. The number of hydrogen-bond donors (Lipinski definition) is 1. The van der Waals surface area contributed by atoms with Crippen molar-refractivity contribution in [3.05, 3.63) is 128 Å². The number of hydrogen-bond acceptors (Lipinski definition) is 10. The van der Waals surface area contributed by atoms with E-state index in [0.29, 0.717) is 28.2 Å². The predicted octanol–water partition coefficient (Wildman–Crippen LogP) is 7.12. The minimum Gasteiger partial charge on any atom is -0.497 e. The molecule has 288 valence electrons. The van der Waals surface area contributed by atoms with Gasteiger partial charge in [-0.1, -0.05) is 54.6 Å². The molecule has 0 spiro atoms. The van der Waals surface area contributed by atoms with E-state index in [-0.39, 0.29) is 37.1 Å². The topological polar surface area (TPSA) is 137 Å². The van der Waals surface area contributed by atoms with Gasteiger partial charge in [0.25, 0.3) is 19.9 Å². The van der Waals surface area contributed by atoms with Crippen molar-refractivity contribution in [1.29, 1.82) is 5.26 Å². The number of nitrogens with zero attached hydrogens (tertiary/aromatic N) is 3. The number of methoxy groups -OCH3 is 2. The molecule has 0 radical (unpaired) electrons. The number of benzene rings is 3. The maximum Gasteiger partial charge on any atom is 0.330 e. The van der Waals surface area contributed by atoms with Gasteiger partial charge in [0.05, 0.1) is 33.3 Å². The van der Waals surface area contributed by atoms with E-state index in [1.54, 1.807) is 21.1 Å². The SMILES string of the molecule is COc1ccc(C(OC[C@@]2(F)O[C@@H](n3cc(C)c(=O)[nH]c3=O)C[C@H]2OP(OCCC#N)N(C(C)C)C(C)C)(c2ccccc2)c2ccc(OC)cc2)cc1. The molecule has 4 atom stereocenters. The summed E-state index contributed by atoms with van der Waals surface area (Å²) in [6, 6.07) is 26.1. The summed E-state index contributed by atoms with van der Waals surface area (Å²) in [6.07, 6.45) is -1.18. The Kier molecular flexibility index (Phi) is 13.5. The summed E-state index contributed by atoms with van der Waals surface area (Å²) in [4.78, 5) is 27.7. The van der Waals surface area contributed by atoms with Crippen LogP contribution in [0.2, 0.25) is 0 Å². The maximum atomic E-state index is 18.1. The molecular weight excluding hydrogens is 714 g/mol. The quantitative estimate of drug-likeness (QED) is 0.0673. The van der Waals surface area contributed by atoms with Crippen LogP contribution in [0.3, 0.4) is 0 Å². The number of rotatable bonds is 17. The summed E-state index contributed by atoms with van der Waals surface area (Å²) in [6.45, 7) is 8.87. The van der Waals surface area contributed by atoms with Gasteiger partial charge >= 0.3 is 5.69 Å². The minimum absolute atomic E-state index is 0.0650. The van der Waals surface area contributed by atoms with Crippen molar-refractivity contribution in [3.8, 4) is 17.6 Å². The lowest BCUT2D eigenvalue weighted by atomic mass is 9.80. The second kappa shape index (κ2) is 17.8. The first-order valence-corrected chi connectivity index (χ1v) is 18.9. The van der Waals surface area contributed by atoms with Crippen LogP contribution >= 0.6 is 8.53 Å². The van der Waals surface area contributed by atoms with Gasteiger partial charge in [0.1, 0.15) is 36.0 Å². The highest BCUT2D eigenvalue weighted by Crippen LogP contribution is 2.53.